The molecule has 2 aromatic carbocycles. The van der Waals surface area contributed by atoms with Crippen LogP contribution in [0.1, 0.15) is 56.4 Å². The number of aryl methyl sites for hydroxylation is 10. The van der Waals surface area contributed by atoms with Gasteiger partial charge in [0.2, 0.25) is 0 Å². The van der Waals surface area contributed by atoms with Gasteiger partial charge in [0.1, 0.15) is 11.6 Å². The van der Waals surface area contributed by atoms with E-state index < -0.39 is 0 Å². The Balaban J connectivity index is 1.17. The van der Waals surface area contributed by atoms with Gasteiger partial charge in [-0.15, -0.1) is 0 Å². The molecule has 0 saturated heterocycles. The zero-order valence-corrected chi connectivity index (χ0v) is 25.7. The maximum atomic E-state index is 5.04. The lowest BCUT2D eigenvalue weighted by atomic mass is 9.99. The van der Waals surface area contributed by atoms with E-state index in [0.29, 0.717) is 0 Å². The van der Waals surface area contributed by atoms with Gasteiger partial charge in [0.25, 0.3) is 0 Å². The molecule has 4 aromatic heterocycles. The van der Waals surface area contributed by atoms with E-state index in [-0.39, 0.29) is 0 Å². The van der Waals surface area contributed by atoms with Gasteiger partial charge in [-0.25, -0.2) is 9.97 Å². The Labute approximate surface area is 249 Å². The van der Waals surface area contributed by atoms with Crippen molar-refractivity contribution < 1.29 is 0 Å². The highest BCUT2D eigenvalue weighted by Gasteiger charge is 2.10. The number of fused-ring (bicyclic) bond motifs is 1. The number of hydrogen-bond acceptors (Lipinski definition) is 2. The summed E-state index contributed by atoms with van der Waals surface area (Å²) in [6, 6.07) is 31.2. The van der Waals surface area contributed by atoms with Gasteiger partial charge in [0, 0.05) is 34.2 Å². The maximum absolute atomic E-state index is 5.04. The molecule has 0 spiro atoms. The summed E-state index contributed by atoms with van der Waals surface area (Å²) in [7, 11) is 0. The molecule has 6 rings (SSSR count). The first-order valence-electron chi connectivity index (χ1n) is 15.0. The van der Waals surface area contributed by atoms with Gasteiger partial charge in [-0.05, 0) is 149 Å². The fraction of sp³-hybridized carbons (Fsp3) is 0.263. The van der Waals surface area contributed by atoms with Crippen LogP contribution < -0.4 is 0 Å². The van der Waals surface area contributed by atoms with Crippen molar-refractivity contribution in [3.05, 3.63) is 141 Å². The number of pyridine rings is 2. The van der Waals surface area contributed by atoms with Crippen LogP contribution in [0.15, 0.2) is 84.9 Å². The van der Waals surface area contributed by atoms with Crippen LogP contribution in [0.4, 0.5) is 0 Å². The van der Waals surface area contributed by atoms with E-state index in [2.05, 4.69) is 136 Å². The monoisotopic (exact) mass is 552 g/mol. The summed E-state index contributed by atoms with van der Waals surface area (Å²) in [6.45, 7) is 12.9. The molecule has 6 aromatic rings. The van der Waals surface area contributed by atoms with Crippen molar-refractivity contribution in [2.24, 2.45) is 0 Å². The van der Waals surface area contributed by atoms with Gasteiger partial charge >= 0.3 is 0 Å². The summed E-state index contributed by atoms with van der Waals surface area (Å²) in [5.41, 5.74) is 12.3. The Bertz CT molecular complexity index is 1730. The van der Waals surface area contributed by atoms with Crippen LogP contribution in [0, 0.1) is 41.5 Å². The first-order chi connectivity index (χ1) is 20.2. The summed E-state index contributed by atoms with van der Waals surface area (Å²) in [5, 5.41) is 2.59. The molecule has 212 valence electrons. The predicted molar refractivity (Wildman–Crippen MR) is 174 cm³/mol. The van der Waals surface area contributed by atoms with Crippen molar-refractivity contribution in [1.82, 2.24) is 19.1 Å². The largest absolute Gasteiger partial charge is 0.303 e. The first-order valence-corrected chi connectivity index (χ1v) is 15.0. The molecular formula is C38H40N4. The summed E-state index contributed by atoms with van der Waals surface area (Å²) in [4.78, 5) is 10.1. The molecule has 0 bridgehead atoms. The van der Waals surface area contributed by atoms with Crippen molar-refractivity contribution in [3.8, 4) is 11.6 Å². The zero-order chi connectivity index (χ0) is 29.4. The Kier molecular flexibility index (Phi) is 7.55. The van der Waals surface area contributed by atoms with Crippen LogP contribution in [-0.4, -0.2) is 19.1 Å². The molecule has 0 unspecified atom stereocenters. The van der Waals surface area contributed by atoms with Crippen molar-refractivity contribution in [3.63, 3.8) is 0 Å². The van der Waals surface area contributed by atoms with E-state index in [4.69, 9.17) is 9.97 Å². The highest BCUT2D eigenvalue weighted by Crippen LogP contribution is 2.22. The van der Waals surface area contributed by atoms with Crippen LogP contribution in [0.2, 0.25) is 0 Å². The molecule has 0 fully saturated rings. The Morgan fingerprint density at radius 1 is 0.429 bits per heavy atom. The van der Waals surface area contributed by atoms with E-state index in [1.54, 1.807) is 0 Å². The Morgan fingerprint density at radius 2 is 0.833 bits per heavy atom. The van der Waals surface area contributed by atoms with Crippen molar-refractivity contribution in [2.75, 3.05) is 0 Å². The molecule has 4 heterocycles. The molecule has 0 atom stereocenters. The van der Waals surface area contributed by atoms with Crippen LogP contribution in [-0.2, 0) is 25.7 Å². The third-order valence-corrected chi connectivity index (χ3v) is 8.33. The van der Waals surface area contributed by atoms with E-state index in [1.165, 1.54) is 55.8 Å². The third-order valence-electron chi connectivity index (χ3n) is 8.33. The molecule has 42 heavy (non-hydrogen) atoms. The normalized spacial score (nSPS) is 11.5. The second-order valence-corrected chi connectivity index (χ2v) is 11.9. The molecule has 0 radical (unpaired) electrons. The van der Waals surface area contributed by atoms with Crippen molar-refractivity contribution >= 4 is 10.8 Å². The molecule has 0 aliphatic carbocycles. The molecule has 0 saturated carbocycles. The van der Waals surface area contributed by atoms with Crippen molar-refractivity contribution in [1.29, 1.82) is 0 Å². The smallest absolute Gasteiger partial charge is 0.137 e. The standard InChI is InChI=1S/C38H40N4/c1-25-19-35(39-37(21-25)41-27(3)7-8-28(41)4)17-13-31-11-15-33-16-12-32(24-34(33)23-31)14-18-36-20-26(2)22-38(40-36)42-29(5)9-10-30(42)6/h7-12,15-16,19-24H,13-14,17-18H2,1-6H3. The van der Waals surface area contributed by atoms with Crippen LogP contribution >= 0.6 is 0 Å². The van der Waals surface area contributed by atoms with Gasteiger partial charge < -0.3 is 9.13 Å². The van der Waals surface area contributed by atoms with Crippen LogP contribution in [0.25, 0.3) is 22.4 Å². The van der Waals surface area contributed by atoms with E-state index in [0.717, 1.165) is 48.7 Å². The molecule has 0 amide bonds. The van der Waals surface area contributed by atoms with Crippen LogP contribution in [0.3, 0.4) is 0 Å². The average molecular weight is 553 g/mol. The first kappa shape index (κ1) is 27.7. The van der Waals surface area contributed by atoms with E-state index >= 15 is 0 Å². The number of hydrogen-bond donors (Lipinski definition) is 0. The Hall–Kier alpha value is -4.44. The second-order valence-electron chi connectivity index (χ2n) is 11.9. The summed E-state index contributed by atoms with van der Waals surface area (Å²) in [6.07, 6.45) is 3.77. The minimum Gasteiger partial charge on any atom is -0.303 e. The minimum atomic E-state index is 0.918. The van der Waals surface area contributed by atoms with Gasteiger partial charge in [-0.1, -0.05) is 36.4 Å². The lowest BCUT2D eigenvalue weighted by Gasteiger charge is -2.12. The van der Waals surface area contributed by atoms with E-state index in [1.807, 2.05) is 0 Å². The quantitative estimate of drug-likeness (QED) is 0.189. The SMILES string of the molecule is Cc1cc(CCc2ccc3ccc(CCc4cc(C)cc(-n5c(C)ccc5C)n4)cc3c2)nc(-n2c(C)ccc2C)c1. The lowest BCUT2D eigenvalue weighted by molar-refractivity contribution is 0.861. The molecule has 4 heteroatoms. The maximum Gasteiger partial charge on any atom is 0.137 e. The molecule has 0 aliphatic rings. The van der Waals surface area contributed by atoms with Gasteiger partial charge in [0.15, 0.2) is 0 Å². The molecule has 0 N–H and O–H groups in total. The molecular weight excluding hydrogens is 512 g/mol. The minimum absolute atomic E-state index is 0.918. The van der Waals surface area contributed by atoms with E-state index in [9.17, 15) is 0 Å². The predicted octanol–water partition coefficient (Wildman–Crippen LogP) is 8.63. The number of rotatable bonds is 8. The fourth-order valence-corrected chi connectivity index (χ4v) is 6.19. The average Bonchev–Trinajstić information content (AvgIpc) is 3.48. The summed E-state index contributed by atoms with van der Waals surface area (Å²) >= 11 is 0. The van der Waals surface area contributed by atoms with Gasteiger partial charge in [0.05, 0.1) is 0 Å². The van der Waals surface area contributed by atoms with Crippen molar-refractivity contribution in [2.45, 2.75) is 67.2 Å². The Morgan fingerprint density at radius 3 is 1.24 bits per heavy atom. The van der Waals surface area contributed by atoms with Gasteiger partial charge in [-0.2, -0.15) is 0 Å². The van der Waals surface area contributed by atoms with Gasteiger partial charge in [-0.3, -0.25) is 0 Å². The lowest BCUT2D eigenvalue weighted by Crippen LogP contribution is -2.05. The summed E-state index contributed by atoms with van der Waals surface area (Å²) in [5.74, 6) is 2.03. The molecule has 0 aliphatic heterocycles. The third kappa shape index (κ3) is 5.80. The molecule has 4 nitrogen and oxygen atoms in total. The van der Waals surface area contributed by atoms with Crippen LogP contribution in [0.5, 0.6) is 0 Å². The number of nitrogens with zero attached hydrogens (tertiary/aromatic N) is 4. The highest BCUT2D eigenvalue weighted by atomic mass is 15.1. The number of benzene rings is 2. The fourth-order valence-electron chi connectivity index (χ4n) is 6.19. The highest BCUT2D eigenvalue weighted by molar-refractivity contribution is 5.83. The summed E-state index contributed by atoms with van der Waals surface area (Å²) < 4.78 is 4.48. The number of aromatic nitrogens is 4. The topological polar surface area (TPSA) is 35.6 Å². The zero-order valence-electron chi connectivity index (χ0n) is 25.7. The second kappa shape index (κ2) is 11.4.